The summed E-state index contributed by atoms with van der Waals surface area (Å²) in [5.74, 6) is 0. The quantitative estimate of drug-likeness (QED) is 0.679. The van der Waals surface area contributed by atoms with Crippen molar-refractivity contribution in [2.75, 3.05) is 44.2 Å². The Kier molecular flexibility index (Phi) is 5.48. The minimum absolute atomic E-state index is 0. The normalized spacial score (nSPS) is 18.3. The predicted molar refractivity (Wildman–Crippen MR) is 74.5 cm³/mol. The van der Waals surface area contributed by atoms with E-state index in [0.717, 1.165) is 0 Å². The van der Waals surface area contributed by atoms with Crippen LogP contribution in [0.2, 0.25) is 0 Å². The van der Waals surface area contributed by atoms with E-state index in [1.54, 1.807) is 0 Å². The highest BCUT2D eigenvalue weighted by atomic mass is 35.5. The van der Waals surface area contributed by atoms with Gasteiger partial charge in [0, 0.05) is 5.69 Å². The SMILES string of the molecule is CC[N+]1(CC)CCN(c2cccc(C)c2)CC1.[Cl-]. The summed E-state index contributed by atoms with van der Waals surface area (Å²) in [7, 11) is 0. The van der Waals surface area contributed by atoms with Crippen molar-refractivity contribution in [3.63, 3.8) is 0 Å². The smallest absolute Gasteiger partial charge is 0.0965 e. The number of anilines is 1. The Bertz CT molecular complexity index is 365. The van der Waals surface area contributed by atoms with Gasteiger partial charge in [-0.1, -0.05) is 12.1 Å². The average Bonchev–Trinajstić information content (AvgIpc) is 2.39. The fourth-order valence-electron chi connectivity index (χ4n) is 2.83. The van der Waals surface area contributed by atoms with Crippen LogP contribution in [0.4, 0.5) is 5.69 Å². The van der Waals surface area contributed by atoms with Gasteiger partial charge in [-0.3, -0.25) is 0 Å². The van der Waals surface area contributed by atoms with E-state index < -0.39 is 0 Å². The van der Waals surface area contributed by atoms with Crippen LogP contribution in [0.25, 0.3) is 0 Å². The monoisotopic (exact) mass is 268 g/mol. The third kappa shape index (κ3) is 3.18. The largest absolute Gasteiger partial charge is 1.00 e. The first-order valence-electron chi connectivity index (χ1n) is 6.86. The summed E-state index contributed by atoms with van der Waals surface area (Å²) in [6.07, 6.45) is 0. The number of hydrogen-bond donors (Lipinski definition) is 0. The number of hydrogen-bond acceptors (Lipinski definition) is 1. The van der Waals surface area contributed by atoms with E-state index in [-0.39, 0.29) is 12.4 Å². The van der Waals surface area contributed by atoms with Crippen molar-refractivity contribution < 1.29 is 16.9 Å². The number of likely N-dealkylation sites (N-methyl/N-ethyl adjacent to an activating group) is 1. The molecule has 0 aromatic heterocycles. The van der Waals surface area contributed by atoms with E-state index in [2.05, 4.69) is 49.9 Å². The Morgan fingerprint density at radius 3 is 2.22 bits per heavy atom. The van der Waals surface area contributed by atoms with E-state index in [1.807, 2.05) is 0 Å². The molecule has 0 amide bonds. The lowest BCUT2D eigenvalue weighted by Gasteiger charge is -2.44. The van der Waals surface area contributed by atoms with Crippen molar-refractivity contribution in [2.45, 2.75) is 20.8 Å². The summed E-state index contributed by atoms with van der Waals surface area (Å²) < 4.78 is 1.29. The molecule has 1 fully saturated rings. The van der Waals surface area contributed by atoms with Crippen LogP contribution in [0.15, 0.2) is 24.3 Å². The number of piperazine rings is 1. The van der Waals surface area contributed by atoms with E-state index >= 15 is 0 Å². The maximum atomic E-state index is 2.54. The maximum Gasteiger partial charge on any atom is 0.0965 e. The minimum Gasteiger partial charge on any atom is -1.00 e. The van der Waals surface area contributed by atoms with Crippen molar-refractivity contribution in [1.82, 2.24) is 0 Å². The Morgan fingerprint density at radius 2 is 1.72 bits per heavy atom. The summed E-state index contributed by atoms with van der Waals surface area (Å²) in [5, 5.41) is 0. The van der Waals surface area contributed by atoms with Crippen molar-refractivity contribution in [2.24, 2.45) is 0 Å². The molecular weight excluding hydrogens is 244 g/mol. The molecule has 1 saturated heterocycles. The number of aryl methyl sites for hydroxylation is 1. The molecule has 18 heavy (non-hydrogen) atoms. The molecular formula is C15H25ClN2. The topological polar surface area (TPSA) is 3.24 Å². The maximum absolute atomic E-state index is 2.54. The van der Waals surface area contributed by atoms with Gasteiger partial charge in [0.1, 0.15) is 0 Å². The zero-order valence-corrected chi connectivity index (χ0v) is 12.6. The van der Waals surface area contributed by atoms with Crippen LogP contribution in [0.3, 0.4) is 0 Å². The molecule has 0 aliphatic carbocycles. The first kappa shape index (κ1) is 15.3. The highest BCUT2D eigenvalue weighted by molar-refractivity contribution is 5.48. The van der Waals surface area contributed by atoms with Gasteiger partial charge in [-0.15, -0.1) is 0 Å². The summed E-state index contributed by atoms with van der Waals surface area (Å²) in [5.41, 5.74) is 2.76. The number of rotatable bonds is 3. The molecule has 1 aliphatic rings. The molecule has 0 radical (unpaired) electrons. The van der Waals surface area contributed by atoms with Crippen LogP contribution >= 0.6 is 0 Å². The highest BCUT2D eigenvalue weighted by Crippen LogP contribution is 2.20. The van der Waals surface area contributed by atoms with Gasteiger partial charge in [0.2, 0.25) is 0 Å². The van der Waals surface area contributed by atoms with E-state index in [9.17, 15) is 0 Å². The molecule has 1 aromatic carbocycles. The average molecular weight is 269 g/mol. The standard InChI is InChI=1S/C15H25N2.ClH/c1-4-17(5-2)11-9-16(10-12-17)15-8-6-7-14(3)13-15;/h6-8,13H,4-5,9-12H2,1-3H3;1H/q+1;/p-1. The zero-order chi connectivity index (χ0) is 12.3. The van der Waals surface area contributed by atoms with Crippen LogP contribution in [0.5, 0.6) is 0 Å². The van der Waals surface area contributed by atoms with Crippen LogP contribution in [0, 0.1) is 6.92 Å². The number of halogens is 1. The Labute approximate surface area is 118 Å². The van der Waals surface area contributed by atoms with Gasteiger partial charge >= 0.3 is 0 Å². The van der Waals surface area contributed by atoms with Crippen LogP contribution in [0.1, 0.15) is 19.4 Å². The third-order valence-electron chi connectivity index (χ3n) is 4.40. The number of quaternary nitrogens is 1. The first-order valence-corrected chi connectivity index (χ1v) is 6.86. The highest BCUT2D eigenvalue weighted by Gasteiger charge is 2.29. The minimum atomic E-state index is 0. The molecule has 2 rings (SSSR count). The van der Waals surface area contributed by atoms with Gasteiger partial charge in [-0.25, -0.2) is 0 Å². The van der Waals surface area contributed by atoms with Crippen molar-refractivity contribution in [3.05, 3.63) is 29.8 Å². The number of nitrogens with zero attached hydrogens (tertiary/aromatic N) is 2. The van der Waals surface area contributed by atoms with E-state index in [4.69, 9.17) is 0 Å². The molecule has 102 valence electrons. The van der Waals surface area contributed by atoms with Crippen molar-refractivity contribution >= 4 is 5.69 Å². The Hall–Kier alpha value is -0.730. The predicted octanol–water partition coefficient (Wildman–Crippen LogP) is -0.324. The lowest BCUT2D eigenvalue weighted by molar-refractivity contribution is -0.925. The first-order chi connectivity index (χ1) is 8.19. The third-order valence-corrected chi connectivity index (χ3v) is 4.40. The van der Waals surface area contributed by atoms with Gasteiger partial charge in [0.25, 0.3) is 0 Å². The molecule has 3 heteroatoms. The van der Waals surface area contributed by atoms with Crippen LogP contribution in [-0.4, -0.2) is 43.8 Å². The lowest BCUT2D eigenvalue weighted by Crippen LogP contribution is -3.00. The van der Waals surface area contributed by atoms with E-state index in [0.29, 0.717) is 0 Å². The van der Waals surface area contributed by atoms with Crippen molar-refractivity contribution in [3.8, 4) is 0 Å². The molecule has 1 heterocycles. The van der Waals surface area contributed by atoms with Crippen LogP contribution < -0.4 is 17.3 Å². The molecule has 0 saturated carbocycles. The Morgan fingerprint density at radius 1 is 1.11 bits per heavy atom. The second-order valence-corrected chi connectivity index (χ2v) is 5.25. The molecule has 2 nitrogen and oxygen atoms in total. The van der Waals surface area contributed by atoms with E-state index in [1.165, 1.54) is 55.0 Å². The summed E-state index contributed by atoms with van der Waals surface area (Å²) in [4.78, 5) is 2.54. The van der Waals surface area contributed by atoms with Gasteiger partial charge < -0.3 is 21.8 Å². The lowest BCUT2D eigenvalue weighted by atomic mass is 10.1. The van der Waals surface area contributed by atoms with Crippen LogP contribution in [-0.2, 0) is 0 Å². The van der Waals surface area contributed by atoms with Gasteiger partial charge in [-0.05, 0) is 38.5 Å². The van der Waals surface area contributed by atoms with Gasteiger partial charge in [-0.2, -0.15) is 0 Å². The number of benzene rings is 1. The molecule has 0 atom stereocenters. The molecule has 1 aliphatic heterocycles. The molecule has 0 spiro atoms. The summed E-state index contributed by atoms with van der Waals surface area (Å²) in [6, 6.07) is 8.88. The fraction of sp³-hybridized carbons (Fsp3) is 0.600. The molecule has 0 unspecified atom stereocenters. The molecule has 1 aromatic rings. The van der Waals surface area contributed by atoms with Crippen molar-refractivity contribution in [1.29, 1.82) is 0 Å². The van der Waals surface area contributed by atoms with Gasteiger partial charge in [0.05, 0.1) is 39.3 Å². The molecule has 0 bridgehead atoms. The summed E-state index contributed by atoms with van der Waals surface area (Å²) in [6.45, 7) is 14.4. The fourth-order valence-corrected chi connectivity index (χ4v) is 2.83. The summed E-state index contributed by atoms with van der Waals surface area (Å²) >= 11 is 0. The molecule has 0 N–H and O–H groups in total. The second-order valence-electron chi connectivity index (χ2n) is 5.25. The second kappa shape index (κ2) is 6.44. The zero-order valence-electron chi connectivity index (χ0n) is 11.8. The Balaban J connectivity index is 0.00000162. The van der Waals surface area contributed by atoms with Gasteiger partial charge in [0.15, 0.2) is 0 Å².